The Bertz CT molecular complexity index is 462. The van der Waals surface area contributed by atoms with Gasteiger partial charge in [0.15, 0.2) is 11.9 Å². The maximum absolute atomic E-state index is 11.5. The molecule has 2 rings (SSSR count). The van der Waals surface area contributed by atoms with E-state index < -0.39 is 12.1 Å². The zero-order valence-electron chi connectivity index (χ0n) is 9.13. The highest BCUT2D eigenvalue weighted by atomic mass is 16.5. The van der Waals surface area contributed by atoms with Crippen LogP contribution in [0.15, 0.2) is 36.4 Å². The summed E-state index contributed by atoms with van der Waals surface area (Å²) in [5.74, 6) is -0.638. The van der Waals surface area contributed by atoms with Gasteiger partial charge in [-0.2, -0.15) is 0 Å². The molecule has 0 fully saturated rings. The Kier molecular flexibility index (Phi) is 3.23. The predicted molar refractivity (Wildman–Crippen MR) is 61.2 cm³/mol. The van der Waals surface area contributed by atoms with Crippen molar-refractivity contribution in [2.45, 2.75) is 18.9 Å². The molecule has 1 aromatic carbocycles. The second kappa shape index (κ2) is 4.82. The highest BCUT2D eigenvalue weighted by Gasteiger charge is 2.27. The van der Waals surface area contributed by atoms with E-state index in [0.29, 0.717) is 5.76 Å². The van der Waals surface area contributed by atoms with Gasteiger partial charge in [-0.05, 0) is 6.08 Å². The van der Waals surface area contributed by atoms with E-state index in [-0.39, 0.29) is 18.6 Å². The lowest BCUT2D eigenvalue weighted by Gasteiger charge is -2.22. The molecule has 0 radical (unpaired) electrons. The Hall–Kier alpha value is -2.10. The van der Waals surface area contributed by atoms with Crippen molar-refractivity contribution in [1.29, 1.82) is 0 Å². The van der Waals surface area contributed by atoms with Crippen molar-refractivity contribution >= 4 is 17.5 Å². The standard InChI is InChI=1S/C13H12O4/c14-10-6-7-11(9-4-2-1-3-5-9)17-12(10)8-13(15)16/h1-5,7,12H,6,8H2,(H,15,16). The molecule has 4 nitrogen and oxygen atoms in total. The highest BCUT2D eigenvalue weighted by Crippen LogP contribution is 2.24. The predicted octanol–water partition coefficient (Wildman–Crippen LogP) is 1.86. The molecular weight excluding hydrogens is 220 g/mol. The van der Waals surface area contributed by atoms with E-state index in [9.17, 15) is 9.59 Å². The first-order valence-electron chi connectivity index (χ1n) is 5.33. The zero-order chi connectivity index (χ0) is 12.3. The van der Waals surface area contributed by atoms with Crippen LogP contribution in [0.25, 0.3) is 5.76 Å². The Morgan fingerprint density at radius 3 is 2.71 bits per heavy atom. The van der Waals surface area contributed by atoms with Gasteiger partial charge in [0.25, 0.3) is 0 Å². The smallest absolute Gasteiger partial charge is 0.307 e. The third-order valence-electron chi connectivity index (χ3n) is 2.54. The molecule has 0 bridgehead atoms. The molecule has 1 unspecified atom stereocenters. The maximum Gasteiger partial charge on any atom is 0.307 e. The Labute approximate surface area is 98.5 Å². The van der Waals surface area contributed by atoms with E-state index in [1.165, 1.54) is 0 Å². The summed E-state index contributed by atoms with van der Waals surface area (Å²) in [6.45, 7) is 0. The Morgan fingerprint density at radius 2 is 2.06 bits per heavy atom. The van der Waals surface area contributed by atoms with E-state index in [0.717, 1.165) is 5.56 Å². The van der Waals surface area contributed by atoms with E-state index in [2.05, 4.69) is 0 Å². The quantitative estimate of drug-likeness (QED) is 0.863. The molecule has 88 valence electrons. The van der Waals surface area contributed by atoms with Crippen molar-refractivity contribution in [3.05, 3.63) is 42.0 Å². The third kappa shape index (κ3) is 2.72. The van der Waals surface area contributed by atoms with Crippen LogP contribution in [0.1, 0.15) is 18.4 Å². The minimum Gasteiger partial charge on any atom is -0.482 e. The van der Waals surface area contributed by atoms with Crippen molar-refractivity contribution < 1.29 is 19.4 Å². The molecule has 1 aliphatic heterocycles. The van der Waals surface area contributed by atoms with Gasteiger partial charge in [0.05, 0.1) is 6.42 Å². The minimum absolute atomic E-state index is 0.188. The van der Waals surface area contributed by atoms with Crippen molar-refractivity contribution in [2.24, 2.45) is 0 Å². The average Bonchev–Trinajstić information content (AvgIpc) is 2.32. The molecule has 4 heteroatoms. The number of hydrogen-bond donors (Lipinski definition) is 1. The van der Waals surface area contributed by atoms with Gasteiger partial charge in [0, 0.05) is 12.0 Å². The molecule has 0 aromatic heterocycles. The van der Waals surface area contributed by atoms with Crippen molar-refractivity contribution in [2.75, 3.05) is 0 Å². The number of carboxylic acid groups (broad SMARTS) is 1. The summed E-state index contributed by atoms with van der Waals surface area (Å²) < 4.78 is 5.43. The van der Waals surface area contributed by atoms with Gasteiger partial charge < -0.3 is 9.84 Å². The number of benzene rings is 1. The van der Waals surface area contributed by atoms with E-state index in [1.54, 1.807) is 6.08 Å². The topological polar surface area (TPSA) is 63.6 Å². The number of allylic oxidation sites excluding steroid dienone is 1. The SMILES string of the molecule is O=C(O)CC1OC(c2ccccc2)=CCC1=O. The molecule has 1 N–H and O–H groups in total. The van der Waals surface area contributed by atoms with Crippen LogP contribution in [0.5, 0.6) is 0 Å². The summed E-state index contributed by atoms with van der Waals surface area (Å²) in [7, 11) is 0. The number of rotatable bonds is 3. The lowest BCUT2D eigenvalue weighted by molar-refractivity contribution is -0.143. The largest absolute Gasteiger partial charge is 0.482 e. The van der Waals surface area contributed by atoms with Gasteiger partial charge in [-0.3, -0.25) is 9.59 Å². The number of aliphatic carboxylic acids is 1. The van der Waals surface area contributed by atoms with Crippen molar-refractivity contribution in [1.82, 2.24) is 0 Å². The molecule has 0 saturated carbocycles. The van der Waals surface area contributed by atoms with Crippen LogP contribution in [-0.4, -0.2) is 23.0 Å². The van der Waals surface area contributed by atoms with Crippen LogP contribution in [0.3, 0.4) is 0 Å². The Balaban J connectivity index is 2.16. The van der Waals surface area contributed by atoms with Gasteiger partial charge in [0.1, 0.15) is 5.76 Å². The summed E-state index contributed by atoms with van der Waals surface area (Å²) in [6, 6.07) is 9.33. The number of ether oxygens (including phenoxy) is 1. The number of carboxylic acids is 1. The second-order valence-corrected chi connectivity index (χ2v) is 3.81. The molecule has 17 heavy (non-hydrogen) atoms. The summed E-state index contributed by atoms with van der Waals surface area (Å²) >= 11 is 0. The Morgan fingerprint density at radius 1 is 1.35 bits per heavy atom. The van der Waals surface area contributed by atoms with Gasteiger partial charge in [0.2, 0.25) is 0 Å². The van der Waals surface area contributed by atoms with Gasteiger partial charge in [-0.1, -0.05) is 30.3 Å². The third-order valence-corrected chi connectivity index (χ3v) is 2.54. The van der Waals surface area contributed by atoms with Crippen LogP contribution in [0.4, 0.5) is 0 Å². The van der Waals surface area contributed by atoms with Crippen LogP contribution < -0.4 is 0 Å². The van der Waals surface area contributed by atoms with E-state index in [1.807, 2.05) is 30.3 Å². The van der Waals surface area contributed by atoms with Crippen LogP contribution in [0.2, 0.25) is 0 Å². The first kappa shape index (κ1) is 11.4. The van der Waals surface area contributed by atoms with Crippen LogP contribution in [0, 0.1) is 0 Å². The normalized spacial score (nSPS) is 19.4. The molecule has 1 aromatic rings. The van der Waals surface area contributed by atoms with Crippen LogP contribution in [-0.2, 0) is 14.3 Å². The lowest BCUT2D eigenvalue weighted by Crippen LogP contribution is -2.29. The van der Waals surface area contributed by atoms with Crippen molar-refractivity contribution in [3.63, 3.8) is 0 Å². The van der Waals surface area contributed by atoms with Gasteiger partial charge >= 0.3 is 5.97 Å². The molecule has 1 heterocycles. The van der Waals surface area contributed by atoms with Gasteiger partial charge in [-0.15, -0.1) is 0 Å². The highest BCUT2D eigenvalue weighted by molar-refractivity contribution is 5.91. The summed E-state index contributed by atoms with van der Waals surface area (Å²) in [6.07, 6.45) is 0.758. The number of ketones is 1. The number of carbonyl (C=O) groups is 2. The molecule has 0 spiro atoms. The fourth-order valence-corrected chi connectivity index (χ4v) is 1.69. The lowest BCUT2D eigenvalue weighted by atomic mass is 10.0. The summed E-state index contributed by atoms with van der Waals surface area (Å²) in [5, 5.41) is 8.69. The molecule has 1 atom stereocenters. The molecule has 0 amide bonds. The van der Waals surface area contributed by atoms with Crippen LogP contribution >= 0.6 is 0 Å². The van der Waals surface area contributed by atoms with E-state index >= 15 is 0 Å². The monoisotopic (exact) mass is 232 g/mol. The van der Waals surface area contributed by atoms with E-state index in [4.69, 9.17) is 9.84 Å². The number of carbonyl (C=O) groups excluding carboxylic acids is 1. The molecule has 0 saturated heterocycles. The fraction of sp³-hybridized carbons (Fsp3) is 0.231. The minimum atomic E-state index is -1.03. The number of Topliss-reactive ketones (excluding diaryl/α,β-unsaturated/α-hetero) is 1. The number of hydrogen-bond acceptors (Lipinski definition) is 3. The summed E-state index contributed by atoms with van der Waals surface area (Å²) in [5.41, 5.74) is 0.857. The van der Waals surface area contributed by atoms with Gasteiger partial charge in [-0.25, -0.2) is 0 Å². The zero-order valence-corrected chi connectivity index (χ0v) is 9.13. The fourth-order valence-electron chi connectivity index (χ4n) is 1.69. The average molecular weight is 232 g/mol. The first-order chi connectivity index (χ1) is 8.16. The second-order valence-electron chi connectivity index (χ2n) is 3.81. The molecular formula is C13H12O4. The molecule has 1 aliphatic rings. The maximum atomic E-state index is 11.5. The van der Waals surface area contributed by atoms with Crippen molar-refractivity contribution in [3.8, 4) is 0 Å². The first-order valence-corrected chi connectivity index (χ1v) is 5.33. The molecule has 0 aliphatic carbocycles. The summed E-state index contributed by atoms with van der Waals surface area (Å²) in [4.78, 5) is 22.1.